The third-order valence-electron chi connectivity index (χ3n) is 6.96. The van der Waals surface area contributed by atoms with Crippen molar-refractivity contribution in [3.8, 4) is 5.75 Å². The monoisotopic (exact) mass is 451 g/mol. The summed E-state index contributed by atoms with van der Waals surface area (Å²) < 4.78 is 18.9. The zero-order valence-electron chi connectivity index (χ0n) is 17.1. The zero-order chi connectivity index (χ0) is 21.6. The molecule has 3 saturated carbocycles. The number of amides is 2. The van der Waals surface area contributed by atoms with Crippen LogP contribution in [0.15, 0.2) is 18.2 Å². The molecule has 0 spiro atoms. The number of nitrogens with zero attached hydrogens (tertiary/aromatic N) is 1. The predicted octanol–water partition coefficient (Wildman–Crippen LogP) is 0.910. The maximum Gasteiger partial charge on any atom is 0.258 e. The van der Waals surface area contributed by atoms with Gasteiger partial charge >= 0.3 is 0 Å². The number of benzene rings is 1. The minimum atomic E-state index is -0.585. The molecule has 3 atom stereocenters. The molecule has 2 saturated heterocycles. The van der Waals surface area contributed by atoms with Gasteiger partial charge in [0.25, 0.3) is 5.91 Å². The molecular weight excluding hydrogens is 425 g/mol. The average molecular weight is 452 g/mol. The summed E-state index contributed by atoms with van der Waals surface area (Å²) in [4.78, 5) is 25.2. The van der Waals surface area contributed by atoms with Crippen LogP contribution in [0.1, 0.15) is 32.1 Å². The topological polar surface area (TPSA) is 94.7 Å². The fraction of sp³-hybridized carbons (Fsp3) is 0.619. The van der Waals surface area contributed by atoms with Crippen LogP contribution in [0.4, 0.5) is 4.39 Å². The van der Waals surface area contributed by atoms with Gasteiger partial charge in [0.2, 0.25) is 5.91 Å². The molecular formula is C21H27ClFN5O3. The lowest BCUT2D eigenvalue weighted by Gasteiger charge is -2.39. The van der Waals surface area contributed by atoms with Crippen LogP contribution in [0.25, 0.3) is 0 Å². The smallest absolute Gasteiger partial charge is 0.258 e. The summed E-state index contributed by atoms with van der Waals surface area (Å²) in [6.45, 7) is 1.61. The molecule has 2 unspecified atom stereocenters. The van der Waals surface area contributed by atoms with Gasteiger partial charge in [0.05, 0.1) is 17.2 Å². The molecule has 1 aromatic rings. The van der Waals surface area contributed by atoms with E-state index in [-0.39, 0.29) is 53.0 Å². The van der Waals surface area contributed by atoms with E-state index in [0.29, 0.717) is 5.92 Å². The summed E-state index contributed by atoms with van der Waals surface area (Å²) in [6.07, 6.45) is 4.44. The van der Waals surface area contributed by atoms with Crippen molar-refractivity contribution in [2.45, 2.75) is 55.9 Å². The van der Waals surface area contributed by atoms with E-state index in [1.54, 1.807) is 0 Å². The van der Waals surface area contributed by atoms with Crippen LogP contribution >= 0.6 is 11.6 Å². The summed E-state index contributed by atoms with van der Waals surface area (Å²) in [5.74, 6) is -0.127. The summed E-state index contributed by atoms with van der Waals surface area (Å²) >= 11 is 5.65. The first-order valence-corrected chi connectivity index (χ1v) is 11.2. The van der Waals surface area contributed by atoms with Gasteiger partial charge in [-0.05, 0) is 50.2 Å². The van der Waals surface area contributed by atoms with Gasteiger partial charge in [-0.1, -0.05) is 11.6 Å². The third kappa shape index (κ3) is 4.24. The number of hydrazine groups is 1. The molecule has 4 N–H and O–H groups in total. The second kappa shape index (κ2) is 8.20. The summed E-state index contributed by atoms with van der Waals surface area (Å²) in [7, 11) is 0. The van der Waals surface area contributed by atoms with Crippen molar-refractivity contribution in [2.24, 2.45) is 5.92 Å². The largest absolute Gasteiger partial charge is 0.484 e. The van der Waals surface area contributed by atoms with Crippen molar-refractivity contribution in [2.75, 3.05) is 19.7 Å². The van der Waals surface area contributed by atoms with Crippen molar-refractivity contribution in [1.82, 2.24) is 26.4 Å². The van der Waals surface area contributed by atoms with E-state index in [1.807, 2.05) is 0 Å². The Morgan fingerprint density at radius 1 is 1.29 bits per heavy atom. The summed E-state index contributed by atoms with van der Waals surface area (Å²) in [6, 6.07) is 4.00. The molecule has 31 heavy (non-hydrogen) atoms. The first-order chi connectivity index (χ1) is 14.9. The number of nitrogens with one attached hydrogen (secondary N) is 4. The zero-order valence-corrected chi connectivity index (χ0v) is 17.9. The lowest BCUT2D eigenvalue weighted by atomic mass is 9.76. The molecule has 168 valence electrons. The highest BCUT2D eigenvalue weighted by Gasteiger charge is 2.57. The molecule has 2 aliphatic heterocycles. The van der Waals surface area contributed by atoms with Crippen LogP contribution in [-0.4, -0.2) is 60.3 Å². The molecule has 1 aromatic carbocycles. The van der Waals surface area contributed by atoms with Gasteiger partial charge in [0, 0.05) is 30.7 Å². The highest BCUT2D eigenvalue weighted by Crippen LogP contribution is 2.52. The second-order valence-corrected chi connectivity index (χ2v) is 9.50. The second-order valence-electron chi connectivity index (χ2n) is 9.09. The van der Waals surface area contributed by atoms with Crippen LogP contribution in [0, 0.1) is 11.7 Å². The van der Waals surface area contributed by atoms with Gasteiger partial charge in [-0.3, -0.25) is 20.3 Å². The Balaban J connectivity index is 1.08. The Morgan fingerprint density at radius 3 is 2.94 bits per heavy atom. The number of carbonyl (C=O) groups excluding carboxylic acids is 2. The quantitative estimate of drug-likeness (QED) is 0.513. The van der Waals surface area contributed by atoms with Crippen molar-refractivity contribution in [1.29, 1.82) is 0 Å². The Kier molecular flexibility index (Phi) is 5.54. The van der Waals surface area contributed by atoms with E-state index in [2.05, 4.69) is 26.4 Å². The molecule has 2 heterocycles. The number of hydrogen-bond donors (Lipinski definition) is 4. The lowest BCUT2D eigenvalue weighted by molar-refractivity contribution is -0.126. The molecule has 5 aliphatic rings. The van der Waals surface area contributed by atoms with Gasteiger partial charge in [-0.25, -0.2) is 9.40 Å². The SMILES string of the molecule is O=C(COc1ccc(Cl)c(F)c1)NC12CC(C1)[C@@H](NC(=O)C1CCN3NCCC3N1)C2. The van der Waals surface area contributed by atoms with E-state index < -0.39 is 5.82 Å². The summed E-state index contributed by atoms with van der Waals surface area (Å²) in [5.41, 5.74) is 3.04. The van der Waals surface area contributed by atoms with E-state index in [9.17, 15) is 14.0 Å². The molecule has 3 aliphatic carbocycles. The normalized spacial score (nSPS) is 34.0. The molecule has 6 rings (SSSR count). The summed E-state index contributed by atoms with van der Waals surface area (Å²) in [5, 5.41) is 11.9. The molecule has 10 heteroatoms. The fourth-order valence-corrected chi connectivity index (χ4v) is 5.56. The van der Waals surface area contributed by atoms with Crippen LogP contribution in [0.5, 0.6) is 5.75 Å². The van der Waals surface area contributed by atoms with E-state index >= 15 is 0 Å². The molecule has 0 radical (unpaired) electrons. The minimum Gasteiger partial charge on any atom is -0.484 e. The number of carbonyl (C=O) groups is 2. The molecule has 8 nitrogen and oxygen atoms in total. The maximum atomic E-state index is 13.5. The van der Waals surface area contributed by atoms with Gasteiger partial charge in [-0.15, -0.1) is 0 Å². The first-order valence-electron chi connectivity index (χ1n) is 10.9. The molecule has 0 aromatic heterocycles. The van der Waals surface area contributed by atoms with Crippen molar-refractivity contribution >= 4 is 23.4 Å². The van der Waals surface area contributed by atoms with Gasteiger partial charge in [0.1, 0.15) is 11.6 Å². The number of fused-ring (bicyclic) bond motifs is 2. The third-order valence-corrected chi connectivity index (χ3v) is 7.26. The van der Waals surface area contributed by atoms with Crippen molar-refractivity contribution < 1.29 is 18.7 Å². The predicted molar refractivity (Wildman–Crippen MR) is 112 cm³/mol. The van der Waals surface area contributed by atoms with Crippen molar-refractivity contribution in [3.05, 3.63) is 29.0 Å². The van der Waals surface area contributed by atoms with Crippen LogP contribution in [0.2, 0.25) is 5.02 Å². The average Bonchev–Trinajstić information content (AvgIpc) is 3.40. The Morgan fingerprint density at radius 2 is 2.13 bits per heavy atom. The lowest BCUT2D eigenvalue weighted by Crippen LogP contribution is -2.60. The highest BCUT2D eigenvalue weighted by molar-refractivity contribution is 6.30. The first kappa shape index (κ1) is 20.9. The molecule has 2 bridgehead atoms. The van der Waals surface area contributed by atoms with Crippen LogP contribution in [-0.2, 0) is 9.59 Å². The standard InChI is InChI=1S/C21H27ClFN5O3/c22-14-2-1-13(7-15(14)23)31-11-19(29)27-21-8-12(9-21)17(10-21)26-20(30)16-4-6-28-18(25-16)3-5-24-28/h1-2,7,12,16-18,24-25H,3-6,8-11H2,(H,26,30)(H,27,29)/t12?,16?,17-,18?,21?/m0/s1. The number of halogens is 2. The van der Waals surface area contributed by atoms with Gasteiger partial charge < -0.3 is 15.4 Å². The highest BCUT2D eigenvalue weighted by atomic mass is 35.5. The van der Waals surface area contributed by atoms with E-state index in [4.69, 9.17) is 16.3 Å². The van der Waals surface area contributed by atoms with Crippen molar-refractivity contribution in [3.63, 3.8) is 0 Å². The Hall–Kier alpha value is -1.94. The van der Waals surface area contributed by atoms with E-state index in [1.165, 1.54) is 12.1 Å². The molecule has 2 amide bonds. The number of ether oxygens (including phenoxy) is 1. The minimum absolute atomic E-state index is 0.0101. The van der Waals surface area contributed by atoms with E-state index in [0.717, 1.165) is 51.3 Å². The van der Waals surface area contributed by atoms with Gasteiger partial charge in [0.15, 0.2) is 6.61 Å². The van der Waals surface area contributed by atoms with Crippen LogP contribution < -0.4 is 26.1 Å². The number of hydrogen-bond acceptors (Lipinski definition) is 6. The van der Waals surface area contributed by atoms with Crippen LogP contribution in [0.3, 0.4) is 0 Å². The van der Waals surface area contributed by atoms with Gasteiger partial charge in [-0.2, -0.15) is 0 Å². The Labute approximate surface area is 185 Å². The maximum absolute atomic E-state index is 13.5. The fourth-order valence-electron chi connectivity index (χ4n) is 5.45. The Bertz CT molecular complexity index is 881. The number of rotatable bonds is 6. The molecule has 5 fully saturated rings.